The van der Waals surface area contributed by atoms with E-state index in [4.69, 9.17) is 0 Å². The van der Waals surface area contributed by atoms with Gasteiger partial charge in [-0.2, -0.15) is 0 Å². The Morgan fingerprint density at radius 3 is 1.43 bits per heavy atom. The predicted octanol–water partition coefficient (Wildman–Crippen LogP) is 14.3. The standard InChI is InChI=1S/C53H43N/c1-37-19-29-42(30-20-37)54(43-31-27-39(28-32-43)22-21-38-23-25-41(26-24-38)35-40-11-3-2-4-12-40)44-33-34-48-47-15-7-10-18-51(47)53(52(48)36-44)49-16-8-5-13-45(49)46-14-6-9-17-50(46)53/h5-10,13-36H,2-4,11-12H2,1H3. The number of rotatable bonds is 6. The summed E-state index contributed by atoms with van der Waals surface area (Å²) in [5.74, 6) is 0. The molecule has 0 aliphatic heterocycles. The fourth-order valence-electron chi connectivity index (χ4n) is 9.38. The van der Waals surface area contributed by atoms with Gasteiger partial charge in [-0.05, 0) is 130 Å². The summed E-state index contributed by atoms with van der Waals surface area (Å²) in [5, 5.41) is 0. The lowest BCUT2D eigenvalue weighted by atomic mass is 9.70. The van der Waals surface area contributed by atoms with Gasteiger partial charge >= 0.3 is 0 Å². The third-order valence-electron chi connectivity index (χ3n) is 12.0. The van der Waals surface area contributed by atoms with E-state index in [1.807, 2.05) is 0 Å². The van der Waals surface area contributed by atoms with E-state index < -0.39 is 0 Å². The molecule has 0 saturated heterocycles. The molecule has 3 aliphatic carbocycles. The van der Waals surface area contributed by atoms with Crippen molar-refractivity contribution in [1.82, 2.24) is 0 Å². The van der Waals surface area contributed by atoms with Gasteiger partial charge in [-0.15, -0.1) is 0 Å². The summed E-state index contributed by atoms with van der Waals surface area (Å²) in [4.78, 5) is 2.41. The van der Waals surface area contributed by atoms with Crippen LogP contribution in [0.5, 0.6) is 0 Å². The molecule has 7 aromatic rings. The van der Waals surface area contributed by atoms with Gasteiger partial charge in [0.15, 0.2) is 0 Å². The lowest BCUT2D eigenvalue weighted by Gasteiger charge is -2.32. The first-order chi connectivity index (χ1) is 26.7. The quantitative estimate of drug-likeness (QED) is 0.157. The van der Waals surface area contributed by atoms with Crippen molar-refractivity contribution in [2.24, 2.45) is 0 Å². The van der Waals surface area contributed by atoms with E-state index in [1.165, 1.54) is 98.9 Å². The highest BCUT2D eigenvalue weighted by molar-refractivity contribution is 5.96. The fraction of sp³-hybridized carbons (Fsp3) is 0.132. The van der Waals surface area contributed by atoms with Crippen molar-refractivity contribution in [1.29, 1.82) is 0 Å². The summed E-state index contributed by atoms with van der Waals surface area (Å²) in [6, 6.07) is 61.1. The molecule has 54 heavy (non-hydrogen) atoms. The summed E-state index contributed by atoms with van der Waals surface area (Å²) < 4.78 is 0. The highest BCUT2D eigenvalue weighted by atomic mass is 15.1. The van der Waals surface area contributed by atoms with Crippen LogP contribution in [0.1, 0.15) is 76.6 Å². The number of anilines is 3. The van der Waals surface area contributed by atoms with E-state index in [9.17, 15) is 0 Å². The molecule has 0 bridgehead atoms. The van der Waals surface area contributed by atoms with E-state index in [2.05, 4.69) is 194 Å². The third-order valence-corrected chi connectivity index (χ3v) is 12.0. The molecular formula is C53H43N. The number of hydrogen-bond donors (Lipinski definition) is 0. The van der Waals surface area contributed by atoms with E-state index in [0.29, 0.717) is 0 Å². The Morgan fingerprint density at radius 1 is 0.426 bits per heavy atom. The zero-order valence-electron chi connectivity index (χ0n) is 30.8. The van der Waals surface area contributed by atoms with Gasteiger partial charge in [0.2, 0.25) is 0 Å². The number of nitrogens with zero attached hydrogens (tertiary/aromatic N) is 1. The minimum atomic E-state index is -0.381. The van der Waals surface area contributed by atoms with E-state index in [-0.39, 0.29) is 5.41 Å². The molecule has 3 aliphatic rings. The zero-order valence-corrected chi connectivity index (χ0v) is 30.8. The van der Waals surface area contributed by atoms with Crippen LogP contribution < -0.4 is 4.90 Å². The molecule has 0 aromatic heterocycles. The Kier molecular flexibility index (Phi) is 8.02. The van der Waals surface area contributed by atoms with Gasteiger partial charge in [0, 0.05) is 17.1 Å². The second-order valence-corrected chi connectivity index (χ2v) is 15.2. The molecule has 1 fully saturated rings. The Morgan fingerprint density at radius 2 is 0.870 bits per heavy atom. The first-order valence-electron chi connectivity index (χ1n) is 19.6. The smallest absolute Gasteiger partial charge is 0.0726 e. The van der Waals surface area contributed by atoms with Crippen LogP contribution in [0.25, 0.3) is 40.5 Å². The molecule has 260 valence electrons. The van der Waals surface area contributed by atoms with Crippen LogP contribution in [-0.4, -0.2) is 0 Å². The molecule has 1 nitrogen and oxygen atoms in total. The highest BCUT2D eigenvalue weighted by Crippen LogP contribution is 2.63. The van der Waals surface area contributed by atoms with Gasteiger partial charge in [0.1, 0.15) is 0 Å². The first kappa shape index (κ1) is 32.5. The van der Waals surface area contributed by atoms with Crippen molar-refractivity contribution in [3.8, 4) is 22.3 Å². The molecule has 0 unspecified atom stereocenters. The molecule has 0 amide bonds. The van der Waals surface area contributed by atoms with Crippen LogP contribution in [0.3, 0.4) is 0 Å². The molecular weight excluding hydrogens is 651 g/mol. The summed E-state index contributed by atoms with van der Waals surface area (Å²) in [5.41, 5.74) is 20.3. The average molecular weight is 694 g/mol. The number of allylic oxidation sites excluding steroid dienone is 1. The van der Waals surface area contributed by atoms with Gasteiger partial charge in [-0.25, -0.2) is 0 Å². The number of hydrogen-bond acceptors (Lipinski definition) is 1. The second-order valence-electron chi connectivity index (χ2n) is 15.2. The summed E-state index contributed by atoms with van der Waals surface area (Å²) >= 11 is 0. The minimum Gasteiger partial charge on any atom is -0.310 e. The molecule has 1 heteroatoms. The van der Waals surface area contributed by atoms with Crippen molar-refractivity contribution in [3.05, 3.63) is 214 Å². The Labute approximate surface area is 319 Å². The summed E-state index contributed by atoms with van der Waals surface area (Å²) in [6.45, 7) is 2.15. The molecule has 1 saturated carbocycles. The molecule has 0 radical (unpaired) electrons. The maximum absolute atomic E-state index is 2.47. The number of benzene rings is 7. The van der Waals surface area contributed by atoms with E-state index >= 15 is 0 Å². The SMILES string of the molecule is Cc1ccc(N(c2ccc(C=Cc3ccc(C=C4CCCCC4)cc3)cc2)c2ccc3c(c2)C2(c4ccccc4-c4ccccc42)c2ccccc2-3)cc1. The van der Waals surface area contributed by atoms with Crippen LogP contribution in [0.4, 0.5) is 17.1 Å². The molecule has 10 rings (SSSR count). The largest absolute Gasteiger partial charge is 0.310 e. The Bertz CT molecular complexity index is 2490. The molecule has 1 spiro atoms. The maximum Gasteiger partial charge on any atom is 0.0726 e. The predicted molar refractivity (Wildman–Crippen MR) is 229 cm³/mol. The zero-order chi connectivity index (χ0) is 36.1. The lowest BCUT2D eigenvalue weighted by Crippen LogP contribution is -2.26. The summed E-state index contributed by atoms with van der Waals surface area (Å²) in [6.07, 6.45) is 13.4. The Hall–Kier alpha value is -6.18. The monoisotopic (exact) mass is 693 g/mol. The van der Waals surface area contributed by atoms with Crippen LogP contribution in [0.2, 0.25) is 0 Å². The van der Waals surface area contributed by atoms with Crippen molar-refractivity contribution >= 4 is 35.3 Å². The average Bonchev–Trinajstić information content (AvgIpc) is 3.69. The van der Waals surface area contributed by atoms with Crippen LogP contribution >= 0.6 is 0 Å². The fourth-order valence-corrected chi connectivity index (χ4v) is 9.38. The second kappa shape index (κ2) is 13.3. The number of aryl methyl sites for hydroxylation is 1. The van der Waals surface area contributed by atoms with Crippen molar-refractivity contribution < 1.29 is 0 Å². The van der Waals surface area contributed by atoms with Crippen molar-refractivity contribution in [3.63, 3.8) is 0 Å². The van der Waals surface area contributed by atoms with Gasteiger partial charge in [0.05, 0.1) is 5.41 Å². The van der Waals surface area contributed by atoms with Crippen molar-refractivity contribution in [2.75, 3.05) is 4.90 Å². The maximum atomic E-state index is 2.47. The van der Waals surface area contributed by atoms with Gasteiger partial charge in [0.25, 0.3) is 0 Å². The summed E-state index contributed by atoms with van der Waals surface area (Å²) in [7, 11) is 0. The minimum absolute atomic E-state index is 0.381. The molecule has 0 atom stereocenters. The number of fused-ring (bicyclic) bond motifs is 10. The van der Waals surface area contributed by atoms with Gasteiger partial charge in [-0.3, -0.25) is 0 Å². The van der Waals surface area contributed by atoms with Gasteiger partial charge < -0.3 is 4.90 Å². The van der Waals surface area contributed by atoms with Crippen molar-refractivity contribution in [2.45, 2.75) is 44.4 Å². The third kappa shape index (κ3) is 5.38. The van der Waals surface area contributed by atoms with Crippen LogP contribution in [0.15, 0.2) is 169 Å². The van der Waals surface area contributed by atoms with Crippen LogP contribution in [0, 0.1) is 6.92 Å². The normalized spacial score (nSPS) is 14.8. The molecule has 0 N–H and O–H groups in total. The highest BCUT2D eigenvalue weighted by Gasteiger charge is 2.51. The lowest BCUT2D eigenvalue weighted by molar-refractivity contribution is 0.602. The van der Waals surface area contributed by atoms with Crippen LogP contribution in [-0.2, 0) is 5.41 Å². The molecule has 0 heterocycles. The first-order valence-corrected chi connectivity index (χ1v) is 19.6. The van der Waals surface area contributed by atoms with E-state index in [1.54, 1.807) is 5.57 Å². The van der Waals surface area contributed by atoms with E-state index in [0.717, 1.165) is 17.1 Å². The van der Waals surface area contributed by atoms with Gasteiger partial charge in [-0.1, -0.05) is 163 Å². The topological polar surface area (TPSA) is 3.24 Å². The Balaban J connectivity index is 1.04. The molecule has 7 aromatic carbocycles.